The van der Waals surface area contributed by atoms with Gasteiger partial charge in [-0.1, -0.05) is 69.2 Å². The SMILES string of the molecule is CC(C)C(=O)Nc1nc2c(ccn2[C@@H]2O[C@@H]3COP(O)(=S)O[C@H]4C[C@H](Oc5ccncn5)C[C@@H]4CO[P@](=S)(OCCC#N)O[C@@H]2[C@@H]3O[Si](O[Si](O)(C(C)C)C(C)C)(C(C)C)C(C)C)c(=O)[nH]1. The molecule has 3 aliphatic rings. The largest absolute Gasteiger partial charge is 0.474 e. The van der Waals surface area contributed by atoms with E-state index in [4.69, 9.17) is 64.2 Å². The molecule has 3 aromatic heterocycles. The summed E-state index contributed by atoms with van der Waals surface area (Å²) in [6, 6.07) is 5.26. The lowest BCUT2D eigenvalue weighted by Gasteiger charge is -2.47. The minimum Gasteiger partial charge on any atom is -0.474 e. The van der Waals surface area contributed by atoms with Gasteiger partial charge in [-0.25, -0.2) is 9.97 Å². The van der Waals surface area contributed by atoms with Crippen molar-refractivity contribution in [3.05, 3.63) is 41.2 Å². The van der Waals surface area contributed by atoms with Crippen molar-refractivity contribution in [3.63, 3.8) is 0 Å². The van der Waals surface area contributed by atoms with Gasteiger partial charge >= 0.3 is 30.6 Å². The second kappa shape index (κ2) is 21.7. The number of carbonyl (C=O) groups excluding carboxylic acids is 1. The van der Waals surface area contributed by atoms with Gasteiger partial charge in [0.2, 0.25) is 17.7 Å². The van der Waals surface area contributed by atoms with Crippen LogP contribution in [0.1, 0.15) is 94.7 Å². The molecule has 0 aromatic carbocycles. The molecule has 366 valence electrons. The number of hydrogen-bond donors (Lipinski definition) is 4. The minimum absolute atomic E-state index is 0.0401. The van der Waals surface area contributed by atoms with E-state index in [1.165, 1.54) is 6.33 Å². The van der Waals surface area contributed by atoms with Crippen LogP contribution < -0.4 is 15.6 Å². The number of nitriles is 1. The standard InChI is InChI=1S/C40H63N7O13P2S2Si2/c1-23(2)37(48)45-40-44-36-30(38(49)46-40)13-16-47(36)39-35-34(59-66(26(7)8,27(9)10)60-65(51,24(3)4)25(5)6)32(56-39)21-53-61(50,63)57-31-19-29(55-33-12-15-42-22-43-33)18-28(31)20-54-62(64,58-35)52-17-11-14-41/h12-13,15-16,22-29,31-32,34-35,39,51H,11,17-21H2,1-10H3,(H,50,63)(H2,44,45,46,48,49)/t28-,29-,31+,32-,34-,35-,39-,61?,62-/m1/s1. The van der Waals surface area contributed by atoms with E-state index in [2.05, 4.69) is 31.3 Å². The van der Waals surface area contributed by atoms with Crippen molar-refractivity contribution < 1.29 is 55.1 Å². The van der Waals surface area contributed by atoms with Crippen molar-refractivity contribution >= 4 is 77.1 Å². The monoisotopic (exact) mass is 1030 g/mol. The number of nitrogens with zero attached hydrogens (tertiary/aromatic N) is 5. The summed E-state index contributed by atoms with van der Waals surface area (Å²) in [5, 5.41) is 12.4. The highest BCUT2D eigenvalue weighted by Gasteiger charge is 2.60. The maximum absolute atomic E-state index is 13.5. The van der Waals surface area contributed by atoms with Crippen molar-refractivity contribution in [2.24, 2.45) is 11.8 Å². The predicted molar refractivity (Wildman–Crippen MR) is 256 cm³/mol. The van der Waals surface area contributed by atoms with Gasteiger partial charge in [0.25, 0.3) is 5.56 Å². The van der Waals surface area contributed by atoms with Gasteiger partial charge in [0.15, 0.2) is 11.9 Å². The van der Waals surface area contributed by atoms with E-state index in [1.807, 2.05) is 55.4 Å². The quantitative estimate of drug-likeness (QED) is 0.0642. The number of rotatable bonds is 16. The Kier molecular flexibility index (Phi) is 17.4. The van der Waals surface area contributed by atoms with Crippen LogP contribution in [0.25, 0.3) is 11.0 Å². The molecule has 0 radical (unpaired) electrons. The molecular formula is C40H63N7O13P2S2Si2. The summed E-state index contributed by atoms with van der Waals surface area (Å²) in [4.78, 5) is 66.0. The molecule has 3 fully saturated rings. The molecule has 1 unspecified atom stereocenters. The van der Waals surface area contributed by atoms with E-state index >= 15 is 0 Å². The molecule has 1 aliphatic carbocycles. The summed E-state index contributed by atoms with van der Waals surface area (Å²) < 4.78 is 61.6. The van der Waals surface area contributed by atoms with Gasteiger partial charge in [-0.15, -0.1) is 0 Å². The highest BCUT2D eigenvalue weighted by atomic mass is 32.5. The lowest BCUT2D eigenvalue weighted by Crippen LogP contribution is -2.62. The van der Waals surface area contributed by atoms with E-state index in [9.17, 15) is 24.5 Å². The highest BCUT2D eigenvalue weighted by molar-refractivity contribution is 8.07. The zero-order valence-electron chi connectivity index (χ0n) is 38.9. The van der Waals surface area contributed by atoms with Crippen LogP contribution in [-0.2, 0) is 64.3 Å². The van der Waals surface area contributed by atoms with Crippen molar-refractivity contribution in [1.29, 1.82) is 5.26 Å². The van der Waals surface area contributed by atoms with Crippen LogP contribution in [0.2, 0.25) is 22.2 Å². The Labute approximate surface area is 397 Å². The molecule has 5 heterocycles. The number of aromatic nitrogens is 5. The van der Waals surface area contributed by atoms with E-state index in [-0.39, 0.29) is 77.7 Å². The Hall–Kier alpha value is -2.41. The molecule has 6 rings (SSSR count). The molecular weight excluding hydrogens is 969 g/mol. The molecule has 20 nitrogen and oxygen atoms in total. The molecule has 66 heavy (non-hydrogen) atoms. The number of anilines is 1. The maximum atomic E-state index is 13.5. The zero-order chi connectivity index (χ0) is 48.4. The molecule has 2 aliphatic heterocycles. The maximum Gasteiger partial charge on any atom is 0.335 e. The summed E-state index contributed by atoms with van der Waals surface area (Å²) >= 11 is 11.9. The zero-order valence-corrected chi connectivity index (χ0v) is 44.3. The highest BCUT2D eigenvalue weighted by Crippen LogP contribution is 2.58. The van der Waals surface area contributed by atoms with Crippen LogP contribution in [0, 0.1) is 23.2 Å². The smallest absolute Gasteiger partial charge is 0.335 e. The third kappa shape index (κ3) is 11.9. The molecule has 0 spiro atoms. The first-order valence-corrected chi connectivity index (χ1v) is 31.3. The van der Waals surface area contributed by atoms with Gasteiger partial charge in [0.1, 0.15) is 30.7 Å². The van der Waals surface area contributed by atoms with Crippen molar-refractivity contribution in [2.75, 3.05) is 25.1 Å². The Balaban J connectivity index is 1.51. The Morgan fingerprint density at radius 3 is 2.36 bits per heavy atom. The molecule has 2 saturated heterocycles. The molecule has 3 aromatic rings. The van der Waals surface area contributed by atoms with Crippen LogP contribution in [0.15, 0.2) is 35.6 Å². The van der Waals surface area contributed by atoms with Crippen LogP contribution in [0.4, 0.5) is 5.95 Å². The summed E-state index contributed by atoms with van der Waals surface area (Å²) in [5.41, 5.74) is -1.37. The fourth-order valence-electron chi connectivity index (χ4n) is 8.42. The second-order valence-corrected chi connectivity index (χ2v) is 32.7. The predicted octanol–water partition coefficient (Wildman–Crippen LogP) is 6.97. The first kappa shape index (κ1) is 53.0. The van der Waals surface area contributed by atoms with Gasteiger partial charge < -0.3 is 50.4 Å². The van der Waals surface area contributed by atoms with Gasteiger partial charge in [-0.3, -0.25) is 24.4 Å². The Morgan fingerprint density at radius 1 is 1.03 bits per heavy atom. The molecule has 26 heteroatoms. The van der Waals surface area contributed by atoms with Crippen molar-refractivity contribution in [3.8, 4) is 11.9 Å². The number of H-pyrrole nitrogens is 1. The van der Waals surface area contributed by atoms with Crippen molar-refractivity contribution in [2.45, 2.75) is 147 Å². The van der Waals surface area contributed by atoms with Crippen LogP contribution in [0.5, 0.6) is 5.88 Å². The van der Waals surface area contributed by atoms with E-state index in [1.54, 1.807) is 42.9 Å². The van der Waals surface area contributed by atoms with Crippen LogP contribution in [0.3, 0.4) is 0 Å². The number of amides is 1. The number of hydrogen-bond acceptors (Lipinski definition) is 18. The second-order valence-electron chi connectivity index (χ2n) is 18.3. The van der Waals surface area contributed by atoms with E-state index < -0.39 is 84.7 Å². The van der Waals surface area contributed by atoms with Crippen molar-refractivity contribution in [1.82, 2.24) is 24.5 Å². The number of carbonyl (C=O) groups is 1. The lowest BCUT2D eigenvalue weighted by atomic mass is 10.1. The first-order chi connectivity index (χ1) is 31.0. The average Bonchev–Trinajstić information content (AvgIpc) is 3.93. The number of fused-ring (bicyclic) bond motifs is 4. The molecule has 9 atom stereocenters. The molecule has 1 amide bonds. The lowest BCUT2D eigenvalue weighted by molar-refractivity contribution is -0.118. The number of ether oxygens (including phenoxy) is 2. The summed E-state index contributed by atoms with van der Waals surface area (Å²) in [6.07, 6.45) is -0.775. The van der Waals surface area contributed by atoms with Gasteiger partial charge in [0, 0.05) is 36.7 Å². The molecule has 2 bridgehead atoms. The van der Waals surface area contributed by atoms with Gasteiger partial charge in [-0.05, 0) is 58.3 Å². The first-order valence-electron chi connectivity index (χ1n) is 22.2. The molecule has 4 N–H and O–H groups in total. The topological polar surface area (TPSA) is 253 Å². The molecule has 1 saturated carbocycles. The van der Waals surface area contributed by atoms with Gasteiger partial charge in [0.05, 0.1) is 43.8 Å². The summed E-state index contributed by atoms with van der Waals surface area (Å²) in [5.74, 6) is -1.01. The normalized spacial score (nSPS) is 28.9. The van der Waals surface area contributed by atoms with E-state index in [0.29, 0.717) is 12.3 Å². The van der Waals surface area contributed by atoms with Gasteiger partial charge in [-0.2, -0.15) is 10.2 Å². The summed E-state index contributed by atoms with van der Waals surface area (Å²) in [6.45, 7) is 10.5. The van der Waals surface area contributed by atoms with Crippen LogP contribution in [-0.4, -0.2) is 108 Å². The van der Waals surface area contributed by atoms with Crippen LogP contribution >= 0.6 is 13.4 Å². The third-order valence-electron chi connectivity index (χ3n) is 12.1. The third-order valence-corrected chi connectivity index (χ3v) is 25.8. The minimum atomic E-state index is -4.07. The fraction of sp³-hybridized carbons (Fsp3) is 0.700. The number of aromatic amines is 1. The number of nitrogens with one attached hydrogen (secondary N) is 2. The Bertz CT molecular complexity index is 2340. The average molecular weight is 1030 g/mol. The Morgan fingerprint density at radius 2 is 1.74 bits per heavy atom. The van der Waals surface area contributed by atoms with E-state index in [0.717, 1.165) is 0 Å². The summed E-state index contributed by atoms with van der Waals surface area (Å²) in [7, 11) is -7.18. The fourth-order valence-corrected chi connectivity index (χ4v) is 22.0.